The molecule has 3 aromatic rings. The number of para-hydroxylation sites is 1. The van der Waals surface area contributed by atoms with Crippen molar-refractivity contribution in [2.75, 3.05) is 6.79 Å². The fourth-order valence-electron chi connectivity index (χ4n) is 3.37. The Hall–Kier alpha value is -3.60. The van der Waals surface area contributed by atoms with Gasteiger partial charge in [0.05, 0.1) is 6.04 Å². The highest BCUT2D eigenvalue weighted by molar-refractivity contribution is 5.98. The van der Waals surface area contributed by atoms with E-state index in [0.29, 0.717) is 23.5 Å². The number of carbonyl (C=O) groups is 2. The second kappa shape index (κ2) is 8.61. The van der Waals surface area contributed by atoms with Crippen LogP contribution in [0.2, 0.25) is 0 Å². The van der Waals surface area contributed by atoms with Crippen molar-refractivity contribution in [3.05, 3.63) is 95.6 Å². The Morgan fingerprint density at radius 3 is 2.34 bits per heavy atom. The largest absolute Gasteiger partial charge is 0.454 e. The van der Waals surface area contributed by atoms with Crippen molar-refractivity contribution in [3.63, 3.8) is 0 Å². The number of Topliss-reactive ketones (excluding diaryl/α,β-unsaturated/α-hetero) is 1. The zero-order valence-electron chi connectivity index (χ0n) is 15.8. The Kier molecular flexibility index (Phi) is 5.56. The number of ketones is 1. The van der Waals surface area contributed by atoms with Crippen molar-refractivity contribution < 1.29 is 19.1 Å². The SMILES string of the molecule is O=C(NC(Cc1ccccc1)C(=O)Cc1cccc2c1OCO2)c1ccccc1. The smallest absolute Gasteiger partial charge is 0.251 e. The fraction of sp³-hybridized carbons (Fsp3) is 0.167. The molecule has 1 N–H and O–H groups in total. The molecule has 3 aromatic carbocycles. The molecule has 0 aromatic heterocycles. The van der Waals surface area contributed by atoms with Crippen LogP contribution in [0.25, 0.3) is 0 Å². The maximum Gasteiger partial charge on any atom is 0.251 e. The van der Waals surface area contributed by atoms with E-state index < -0.39 is 6.04 Å². The standard InChI is InChI=1S/C24H21NO4/c26-21(15-19-12-7-13-22-23(19)29-16-28-22)20(14-17-8-3-1-4-9-17)25-24(27)18-10-5-2-6-11-18/h1-13,20H,14-16H2,(H,25,27). The molecule has 0 saturated carbocycles. The molecule has 29 heavy (non-hydrogen) atoms. The third-order valence-electron chi connectivity index (χ3n) is 4.86. The molecule has 5 heteroatoms. The highest BCUT2D eigenvalue weighted by atomic mass is 16.7. The average Bonchev–Trinajstić information content (AvgIpc) is 3.24. The Morgan fingerprint density at radius 1 is 0.862 bits per heavy atom. The summed E-state index contributed by atoms with van der Waals surface area (Å²) < 4.78 is 10.9. The number of hydrogen-bond acceptors (Lipinski definition) is 4. The molecule has 146 valence electrons. The van der Waals surface area contributed by atoms with Gasteiger partial charge in [-0.3, -0.25) is 9.59 Å². The first-order valence-corrected chi connectivity index (χ1v) is 9.51. The molecule has 0 saturated heterocycles. The molecule has 1 heterocycles. The van der Waals surface area contributed by atoms with Gasteiger partial charge in [0.25, 0.3) is 5.91 Å². The molecule has 0 bridgehead atoms. The van der Waals surface area contributed by atoms with E-state index in [-0.39, 0.29) is 24.9 Å². The summed E-state index contributed by atoms with van der Waals surface area (Å²) in [5.41, 5.74) is 2.27. The van der Waals surface area contributed by atoms with Gasteiger partial charge in [0.15, 0.2) is 17.3 Å². The molecular formula is C24H21NO4. The molecule has 4 rings (SSSR count). The Balaban J connectivity index is 1.55. The minimum absolute atomic E-state index is 0.0814. The molecule has 0 spiro atoms. The lowest BCUT2D eigenvalue weighted by molar-refractivity contribution is -0.120. The van der Waals surface area contributed by atoms with Crippen LogP contribution in [-0.2, 0) is 17.6 Å². The normalized spacial score (nSPS) is 13.0. The van der Waals surface area contributed by atoms with Crippen molar-refractivity contribution in [2.24, 2.45) is 0 Å². The molecule has 1 aliphatic heterocycles. The van der Waals surface area contributed by atoms with E-state index in [9.17, 15) is 9.59 Å². The summed E-state index contributed by atoms with van der Waals surface area (Å²) >= 11 is 0. The van der Waals surface area contributed by atoms with Gasteiger partial charge in [-0.2, -0.15) is 0 Å². The number of hydrogen-bond donors (Lipinski definition) is 1. The Labute approximate surface area is 169 Å². The monoisotopic (exact) mass is 387 g/mol. The molecular weight excluding hydrogens is 366 g/mol. The predicted molar refractivity (Wildman–Crippen MR) is 109 cm³/mol. The van der Waals surface area contributed by atoms with Crippen LogP contribution in [-0.4, -0.2) is 24.5 Å². The van der Waals surface area contributed by atoms with E-state index in [0.717, 1.165) is 11.1 Å². The summed E-state index contributed by atoms with van der Waals surface area (Å²) in [5, 5.41) is 2.91. The van der Waals surface area contributed by atoms with Crippen LogP contribution < -0.4 is 14.8 Å². The van der Waals surface area contributed by atoms with Gasteiger partial charge in [-0.05, 0) is 30.2 Å². The van der Waals surface area contributed by atoms with Crippen molar-refractivity contribution >= 4 is 11.7 Å². The second-order valence-electron chi connectivity index (χ2n) is 6.88. The van der Waals surface area contributed by atoms with E-state index in [2.05, 4.69) is 5.32 Å². The minimum Gasteiger partial charge on any atom is -0.454 e. The van der Waals surface area contributed by atoms with Crippen LogP contribution in [0.15, 0.2) is 78.9 Å². The van der Waals surface area contributed by atoms with Crippen LogP contribution in [0.4, 0.5) is 0 Å². The van der Waals surface area contributed by atoms with Crippen molar-refractivity contribution in [1.82, 2.24) is 5.32 Å². The molecule has 0 radical (unpaired) electrons. The zero-order valence-corrected chi connectivity index (χ0v) is 15.8. The number of ether oxygens (including phenoxy) is 2. The van der Waals surface area contributed by atoms with Gasteiger partial charge in [0.1, 0.15) is 0 Å². The first-order valence-electron chi connectivity index (χ1n) is 9.51. The summed E-state index contributed by atoms with van der Waals surface area (Å²) in [5.74, 6) is 0.900. The molecule has 0 aliphatic carbocycles. The van der Waals surface area contributed by atoms with E-state index in [1.54, 1.807) is 24.3 Å². The van der Waals surface area contributed by atoms with Crippen LogP contribution in [0, 0.1) is 0 Å². The summed E-state index contributed by atoms with van der Waals surface area (Å²) in [6.07, 6.45) is 0.573. The zero-order chi connectivity index (χ0) is 20.1. The lowest BCUT2D eigenvalue weighted by atomic mass is 9.96. The fourth-order valence-corrected chi connectivity index (χ4v) is 3.37. The van der Waals surface area contributed by atoms with Gasteiger partial charge in [0, 0.05) is 17.5 Å². The topological polar surface area (TPSA) is 64.6 Å². The van der Waals surface area contributed by atoms with Crippen LogP contribution in [0.1, 0.15) is 21.5 Å². The van der Waals surface area contributed by atoms with Crippen LogP contribution >= 0.6 is 0 Å². The molecule has 0 fully saturated rings. The summed E-state index contributed by atoms with van der Waals surface area (Å²) in [6.45, 7) is 0.152. The van der Waals surface area contributed by atoms with E-state index >= 15 is 0 Å². The number of amides is 1. The Bertz CT molecular complexity index is 1000. The molecule has 1 amide bonds. The van der Waals surface area contributed by atoms with Gasteiger partial charge in [-0.15, -0.1) is 0 Å². The van der Waals surface area contributed by atoms with Gasteiger partial charge in [-0.25, -0.2) is 0 Å². The third-order valence-corrected chi connectivity index (χ3v) is 4.86. The first kappa shape index (κ1) is 18.7. The lowest BCUT2D eigenvalue weighted by Crippen LogP contribution is -2.43. The van der Waals surface area contributed by atoms with E-state index in [1.165, 1.54) is 0 Å². The minimum atomic E-state index is -0.650. The number of carbonyl (C=O) groups excluding carboxylic acids is 2. The van der Waals surface area contributed by atoms with E-state index in [4.69, 9.17) is 9.47 Å². The van der Waals surface area contributed by atoms with Gasteiger partial charge in [-0.1, -0.05) is 60.7 Å². The second-order valence-corrected chi connectivity index (χ2v) is 6.88. The summed E-state index contributed by atoms with van der Waals surface area (Å²) in [6, 6.07) is 23.4. The maximum atomic E-state index is 13.2. The van der Waals surface area contributed by atoms with Crippen LogP contribution in [0.5, 0.6) is 11.5 Å². The van der Waals surface area contributed by atoms with Crippen molar-refractivity contribution in [3.8, 4) is 11.5 Å². The predicted octanol–water partition coefficient (Wildman–Crippen LogP) is 3.57. The first-order chi connectivity index (χ1) is 14.2. The highest BCUT2D eigenvalue weighted by Crippen LogP contribution is 2.35. The molecule has 1 unspecified atom stereocenters. The number of rotatable bonds is 7. The number of fused-ring (bicyclic) bond motifs is 1. The summed E-state index contributed by atoms with van der Waals surface area (Å²) in [4.78, 5) is 25.9. The van der Waals surface area contributed by atoms with Crippen LogP contribution in [0.3, 0.4) is 0 Å². The average molecular weight is 387 g/mol. The number of nitrogens with one attached hydrogen (secondary N) is 1. The quantitative estimate of drug-likeness (QED) is 0.673. The highest BCUT2D eigenvalue weighted by Gasteiger charge is 2.25. The Morgan fingerprint density at radius 2 is 1.59 bits per heavy atom. The molecule has 1 aliphatic rings. The number of benzene rings is 3. The van der Waals surface area contributed by atoms with Gasteiger partial charge in [0.2, 0.25) is 6.79 Å². The molecule has 1 atom stereocenters. The molecule has 5 nitrogen and oxygen atoms in total. The third kappa shape index (κ3) is 4.46. The van der Waals surface area contributed by atoms with Crippen molar-refractivity contribution in [1.29, 1.82) is 0 Å². The van der Waals surface area contributed by atoms with Gasteiger partial charge < -0.3 is 14.8 Å². The lowest BCUT2D eigenvalue weighted by Gasteiger charge is -2.18. The summed E-state index contributed by atoms with van der Waals surface area (Å²) in [7, 11) is 0. The van der Waals surface area contributed by atoms with E-state index in [1.807, 2.05) is 54.6 Å². The maximum absolute atomic E-state index is 13.2. The van der Waals surface area contributed by atoms with Crippen molar-refractivity contribution in [2.45, 2.75) is 18.9 Å². The van der Waals surface area contributed by atoms with Gasteiger partial charge >= 0.3 is 0 Å².